The lowest BCUT2D eigenvalue weighted by molar-refractivity contribution is 0.828. The SMILES string of the molecule is CCN(Cc1ccc(N)c(Cl)c1)c1ccccc1C. The standard InChI is InChI=1S/C16H19ClN2/c1-3-19(16-7-5-4-6-12(16)2)11-13-8-9-15(18)14(17)10-13/h4-10H,3,11,18H2,1-2H3. The molecule has 2 N–H and O–H groups in total. The van der Waals surface area contributed by atoms with E-state index in [1.54, 1.807) is 0 Å². The monoisotopic (exact) mass is 274 g/mol. The van der Waals surface area contributed by atoms with Crippen molar-refractivity contribution < 1.29 is 0 Å². The molecule has 0 heterocycles. The maximum atomic E-state index is 6.07. The molecule has 0 aliphatic rings. The van der Waals surface area contributed by atoms with E-state index in [1.807, 2.05) is 18.2 Å². The van der Waals surface area contributed by atoms with E-state index in [-0.39, 0.29) is 0 Å². The third-order valence-corrected chi connectivity index (χ3v) is 3.60. The molecule has 3 heteroatoms. The summed E-state index contributed by atoms with van der Waals surface area (Å²) in [6.45, 7) is 6.08. The topological polar surface area (TPSA) is 29.3 Å². The van der Waals surface area contributed by atoms with Gasteiger partial charge in [0.2, 0.25) is 0 Å². The zero-order valence-corrected chi connectivity index (χ0v) is 12.1. The van der Waals surface area contributed by atoms with Gasteiger partial charge in [-0.2, -0.15) is 0 Å². The van der Waals surface area contributed by atoms with Crippen molar-refractivity contribution in [1.29, 1.82) is 0 Å². The number of benzene rings is 2. The number of nitrogen functional groups attached to an aromatic ring is 1. The Kier molecular flexibility index (Phi) is 4.33. The molecule has 0 aliphatic carbocycles. The molecule has 0 saturated carbocycles. The molecule has 2 nitrogen and oxygen atoms in total. The van der Waals surface area contributed by atoms with Crippen LogP contribution in [0.4, 0.5) is 11.4 Å². The number of aryl methyl sites for hydroxylation is 1. The number of rotatable bonds is 4. The van der Waals surface area contributed by atoms with Crippen LogP contribution < -0.4 is 10.6 Å². The number of halogens is 1. The van der Waals surface area contributed by atoms with Crippen LogP contribution in [0.2, 0.25) is 5.02 Å². The fourth-order valence-electron chi connectivity index (χ4n) is 2.17. The average Bonchev–Trinajstić information content (AvgIpc) is 2.41. The van der Waals surface area contributed by atoms with Crippen molar-refractivity contribution in [2.75, 3.05) is 17.2 Å². The van der Waals surface area contributed by atoms with E-state index < -0.39 is 0 Å². The molecular weight excluding hydrogens is 256 g/mol. The van der Waals surface area contributed by atoms with E-state index in [2.05, 4.69) is 43.0 Å². The van der Waals surface area contributed by atoms with Crippen LogP contribution in [0.1, 0.15) is 18.1 Å². The lowest BCUT2D eigenvalue weighted by atomic mass is 10.1. The van der Waals surface area contributed by atoms with Crippen LogP contribution in [0.25, 0.3) is 0 Å². The van der Waals surface area contributed by atoms with Gasteiger partial charge in [0.05, 0.1) is 10.7 Å². The minimum Gasteiger partial charge on any atom is -0.398 e. The number of para-hydroxylation sites is 1. The van der Waals surface area contributed by atoms with Crippen LogP contribution >= 0.6 is 11.6 Å². The van der Waals surface area contributed by atoms with Crippen LogP contribution in [0, 0.1) is 6.92 Å². The third kappa shape index (κ3) is 3.21. The molecule has 0 bridgehead atoms. The van der Waals surface area contributed by atoms with Gasteiger partial charge in [-0.05, 0) is 43.2 Å². The van der Waals surface area contributed by atoms with Gasteiger partial charge in [0.25, 0.3) is 0 Å². The minimum atomic E-state index is 0.623. The van der Waals surface area contributed by atoms with Crippen molar-refractivity contribution in [3.8, 4) is 0 Å². The van der Waals surface area contributed by atoms with Gasteiger partial charge in [-0.3, -0.25) is 0 Å². The number of hydrogen-bond acceptors (Lipinski definition) is 2. The van der Waals surface area contributed by atoms with E-state index in [9.17, 15) is 0 Å². The first-order valence-electron chi connectivity index (χ1n) is 6.46. The Hall–Kier alpha value is -1.67. The highest BCUT2D eigenvalue weighted by Gasteiger charge is 2.08. The van der Waals surface area contributed by atoms with Gasteiger partial charge < -0.3 is 10.6 Å². The molecular formula is C16H19ClN2. The number of hydrogen-bond donors (Lipinski definition) is 1. The highest BCUT2D eigenvalue weighted by molar-refractivity contribution is 6.33. The second-order valence-corrected chi connectivity index (χ2v) is 5.06. The molecule has 0 radical (unpaired) electrons. The molecule has 0 amide bonds. The Labute approximate surface area is 119 Å². The largest absolute Gasteiger partial charge is 0.398 e. The van der Waals surface area contributed by atoms with Crippen LogP contribution in [0.15, 0.2) is 42.5 Å². The van der Waals surface area contributed by atoms with Gasteiger partial charge in [-0.25, -0.2) is 0 Å². The molecule has 19 heavy (non-hydrogen) atoms. The molecule has 0 unspecified atom stereocenters. The summed E-state index contributed by atoms with van der Waals surface area (Å²) >= 11 is 6.07. The van der Waals surface area contributed by atoms with Crippen molar-refractivity contribution in [1.82, 2.24) is 0 Å². The van der Waals surface area contributed by atoms with Crippen molar-refractivity contribution >= 4 is 23.0 Å². The number of nitrogens with zero attached hydrogens (tertiary/aromatic N) is 1. The van der Waals surface area contributed by atoms with E-state index in [0.717, 1.165) is 13.1 Å². The summed E-state index contributed by atoms with van der Waals surface area (Å²) in [6, 6.07) is 14.3. The average molecular weight is 275 g/mol. The fourth-order valence-corrected chi connectivity index (χ4v) is 2.38. The van der Waals surface area contributed by atoms with Gasteiger partial charge >= 0.3 is 0 Å². The van der Waals surface area contributed by atoms with Crippen LogP contribution in [0.3, 0.4) is 0 Å². The zero-order chi connectivity index (χ0) is 13.8. The first-order chi connectivity index (χ1) is 9.11. The van der Waals surface area contributed by atoms with Crippen LogP contribution in [0.5, 0.6) is 0 Å². The lowest BCUT2D eigenvalue weighted by Gasteiger charge is -2.25. The van der Waals surface area contributed by atoms with Crippen molar-refractivity contribution in [3.05, 3.63) is 58.6 Å². The third-order valence-electron chi connectivity index (χ3n) is 3.28. The van der Waals surface area contributed by atoms with Crippen molar-refractivity contribution in [2.24, 2.45) is 0 Å². The quantitative estimate of drug-likeness (QED) is 0.844. The maximum Gasteiger partial charge on any atom is 0.0638 e. The second-order valence-electron chi connectivity index (χ2n) is 4.66. The summed E-state index contributed by atoms with van der Waals surface area (Å²) in [6.07, 6.45) is 0. The van der Waals surface area contributed by atoms with Crippen LogP contribution in [-0.2, 0) is 6.54 Å². The summed E-state index contributed by atoms with van der Waals surface area (Å²) in [5.41, 5.74) is 10.1. The summed E-state index contributed by atoms with van der Waals surface area (Å²) in [7, 11) is 0. The first-order valence-corrected chi connectivity index (χ1v) is 6.84. The van der Waals surface area contributed by atoms with E-state index in [1.165, 1.54) is 16.8 Å². The van der Waals surface area contributed by atoms with Crippen molar-refractivity contribution in [3.63, 3.8) is 0 Å². The maximum absolute atomic E-state index is 6.07. The second kappa shape index (κ2) is 5.98. The summed E-state index contributed by atoms with van der Waals surface area (Å²) in [5, 5.41) is 0.623. The highest BCUT2D eigenvalue weighted by atomic mass is 35.5. The Bertz CT molecular complexity index is 566. The lowest BCUT2D eigenvalue weighted by Crippen LogP contribution is -2.22. The molecule has 2 aromatic carbocycles. The highest BCUT2D eigenvalue weighted by Crippen LogP contribution is 2.24. The molecule has 100 valence electrons. The molecule has 0 fully saturated rings. The Morgan fingerprint density at radius 2 is 1.89 bits per heavy atom. The normalized spacial score (nSPS) is 10.5. The van der Waals surface area contributed by atoms with Gasteiger partial charge in [0.1, 0.15) is 0 Å². The molecule has 2 rings (SSSR count). The van der Waals surface area contributed by atoms with E-state index in [0.29, 0.717) is 10.7 Å². The zero-order valence-electron chi connectivity index (χ0n) is 11.4. The van der Waals surface area contributed by atoms with Crippen molar-refractivity contribution in [2.45, 2.75) is 20.4 Å². The van der Waals surface area contributed by atoms with Gasteiger partial charge in [0, 0.05) is 18.8 Å². The fraction of sp³-hybridized carbons (Fsp3) is 0.250. The molecule has 2 aromatic rings. The Morgan fingerprint density at radius 3 is 2.53 bits per heavy atom. The predicted octanol–water partition coefficient (Wildman–Crippen LogP) is 4.26. The number of anilines is 2. The summed E-state index contributed by atoms with van der Waals surface area (Å²) in [5.74, 6) is 0. The summed E-state index contributed by atoms with van der Waals surface area (Å²) < 4.78 is 0. The van der Waals surface area contributed by atoms with Gasteiger partial charge in [0.15, 0.2) is 0 Å². The molecule has 0 saturated heterocycles. The molecule has 0 spiro atoms. The van der Waals surface area contributed by atoms with Gasteiger partial charge in [-0.1, -0.05) is 35.9 Å². The summed E-state index contributed by atoms with van der Waals surface area (Å²) in [4.78, 5) is 2.33. The Morgan fingerprint density at radius 1 is 1.16 bits per heavy atom. The van der Waals surface area contributed by atoms with E-state index >= 15 is 0 Å². The minimum absolute atomic E-state index is 0.623. The smallest absolute Gasteiger partial charge is 0.0638 e. The molecule has 0 aromatic heterocycles. The Balaban J connectivity index is 2.24. The number of nitrogens with two attached hydrogens (primary N) is 1. The van der Waals surface area contributed by atoms with Gasteiger partial charge in [-0.15, -0.1) is 0 Å². The molecule has 0 aliphatic heterocycles. The first kappa shape index (κ1) is 13.8. The van der Waals surface area contributed by atoms with Crippen LogP contribution in [-0.4, -0.2) is 6.54 Å². The predicted molar refractivity (Wildman–Crippen MR) is 83.8 cm³/mol. The molecule has 0 atom stereocenters. The van der Waals surface area contributed by atoms with E-state index in [4.69, 9.17) is 17.3 Å².